The summed E-state index contributed by atoms with van der Waals surface area (Å²) in [5.74, 6) is 0. The minimum Gasteiger partial charge on any atom is -0.369 e. The maximum Gasteiger partial charge on any atom is 0.0693 e. The molecule has 0 heterocycles. The first-order chi connectivity index (χ1) is 14.3. The van der Waals surface area contributed by atoms with Gasteiger partial charge in [0, 0.05) is 0 Å². The summed E-state index contributed by atoms with van der Waals surface area (Å²) in [6.07, 6.45) is 17.8. The van der Waals surface area contributed by atoms with E-state index in [0.29, 0.717) is 0 Å². The molecule has 1 nitrogen and oxygen atoms in total. The highest BCUT2D eigenvalue weighted by Crippen LogP contribution is 2.45. The normalized spacial score (nSPS) is 21.0. The Labute approximate surface area is 177 Å². The highest BCUT2D eigenvalue weighted by molar-refractivity contribution is 5.16. The van der Waals surface area contributed by atoms with Crippen molar-refractivity contribution in [3.8, 4) is 0 Å². The number of benzene rings is 2. The van der Waals surface area contributed by atoms with Gasteiger partial charge in [0.05, 0.1) is 11.2 Å². The van der Waals surface area contributed by atoms with Crippen LogP contribution in [0.15, 0.2) is 60.7 Å². The average molecular weight is 391 g/mol. The molecular formula is C28H38O. The van der Waals surface area contributed by atoms with Gasteiger partial charge >= 0.3 is 0 Å². The van der Waals surface area contributed by atoms with Crippen LogP contribution in [-0.2, 0) is 17.6 Å². The van der Waals surface area contributed by atoms with Crippen LogP contribution in [0.2, 0.25) is 0 Å². The van der Waals surface area contributed by atoms with Gasteiger partial charge in [0.2, 0.25) is 0 Å². The van der Waals surface area contributed by atoms with Crippen molar-refractivity contribution in [1.82, 2.24) is 0 Å². The number of hydrogen-bond donors (Lipinski definition) is 0. The third-order valence-electron chi connectivity index (χ3n) is 7.39. The monoisotopic (exact) mass is 390 g/mol. The Morgan fingerprint density at radius 1 is 0.517 bits per heavy atom. The number of ether oxygens (including phenoxy) is 1. The van der Waals surface area contributed by atoms with Crippen molar-refractivity contribution >= 4 is 0 Å². The van der Waals surface area contributed by atoms with E-state index in [0.717, 1.165) is 12.8 Å². The predicted octanol–water partition coefficient (Wildman–Crippen LogP) is 7.67. The second-order valence-electron chi connectivity index (χ2n) is 9.56. The SMILES string of the molecule is c1ccc(CCC2(OC3(CCc4ccccc4)CCCCC3)CCCCC2)cc1. The zero-order valence-electron chi connectivity index (χ0n) is 18.1. The van der Waals surface area contributed by atoms with E-state index in [-0.39, 0.29) is 11.2 Å². The van der Waals surface area contributed by atoms with Crippen molar-refractivity contribution in [2.45, 2.75) is 101 Å². The molecule has 4 rings (SSSR count). The summed E-state index contributed by atoms with van der Waals surface area (Å²) >= 11 is 0. The highest BCUT2D eigenvalue weighted by atomic mass is 16.5. The van der Waals surface area contributed by atoms with Crippen molar-refractivity contribution in [3.63, 3.8) is 0 Å². The van der Waals surface area contributed by atoms with Crippen molar-refractivity contribution < 1.29 is 4.74 Å². The van der Waals surface area contributed by atoms with Gasteiger partial charge in [0.1, 0.15) is 0 Å². The third-order valence-corrected chi connectivity index (χ3v) is 7.39. The predicted molar refractivity (Wildman–Crippen MR) is 122 cm³/mol. The summed E-state index contributed by atoms with van der Waals surface area (Å²) in [6, 6.07) is 22.1. The Bertz CT molecular complexity index is 645. The maximum atomic E-state index is 7.35. The summed E-state index contributed by atoms with van der Waals surface area (Å²) in [7, 11) is 0. The number of rotatable bonds is 8. The molecule has 0 unspecified atom stereocenters. The molecule has 2 saturated carbocycles. The van der Waals surface area contributed by atoms with Crippen LogP contribution in [0.1, 0.15) is 88.2 Å². The van der Waals surface area contributed by atoms with E-state index in [1.165, 1.54) is 88.2 Å². The molecule has 0 saturated heterocycles. The minimum absolute atomic E-state index is 0.0993. The molecule has 1 heteroatoms. The minimum atomic E-state index is 0.0993. The van der Waals surface area contributed by atoms with Gasteiger partial charge in [-0.2, -0.15) is 0 Å². The van der Waals surface area contributed by atoms with E-state index in [9.17, 15) is 0 Å². The van der Waals surface area contributed by atoms with Crippen LogP contribution >= 0.6 is 0 Å². The Balaban J connectivity index is 1.48. The summed E-state index contributed by atoms with van der Waals surface area (Å²) < 4.78 is 7.35. The van der Waals surface area contributed by atoms with Crippen LogP contribution in [0.4, 0.5) is 0 Å². The highest BCUT2D eigenvalue weighted by Gasteiger charge is 2.42. The van der Waals surface area contributed by atoms with Crippen molar-refractivity contribution in [1.29, 1.82) is 0 Å². The standard InChI is InChI=1S/C28H38O/c1-5-13-25(14-6-1)17-23-27(19-9-3-10-20-27)29-28(21-11-4-12-22-28)24-18-26-15-7-2-8-16-26/h1-2,5-8,13-16H,3-4,9-12,17-24H2. The summed E-state index contributed by atoms with van der Waals surface area (Å²) in [5.41, 5.74) is 3.12. The Kier molecular flexibility index (Phi) is 7.08. The molecule has 0 N–H and O–H groups in total. The zero-order chi connectivity index (χ0) is 19.8. The average Bonchev–Trinajstić information content (AvgIpc) is 2.79. The van der Waals surface area contributed by atoms with Gasteiger partial charge in [0.15, 0.2) is 0 Å². The lowest BCUT2D eigenvalue weighted by molar-refractivity contribution is -0.190. The molecule has 0 bridgehead atoms. The molecule has 29 heavy (non-hydrogen) atoms. The third kappa shape index (κ3) is 5.72. The summed E-state index contributed by atoms with van der Waals surface area (Å²) in [6.45, 7) is 0. The zero-order valence-corrected chi connectivity index (χ0v) is 18.1. The molecule has 0 aliphatic heterocycles. The van der Waals surface area contributed by atoms with Gasteiger partial charge in [-0.15, -0.1) is 0 Å². The Hall–Kier alpha value is -1.60. The van der Waals surface area contributed by atoms with Crippen LogP contribution in [0.3, 0.4) is 0 Å². The topological polar surface area (TPSA) is 9.23 Å². The van der Waals surface area contributed by atoms with Crippen molar-refractivity contribution in [2.24, 2.45) is 0 Å². The van der Waals surface area contributed by atoms with E-state index >= 15 is 0 Å². The van der Waals surface area contributed by atoms with E-state index in [1.54, 1.807) is 0 Å². The molecular weight excluding hydrogens is 352 g/mol. The van der Waals surface area contributed by atoms with Crippen LogP contribution in [0.25, 0.3) is 0 Å². The second-order valence-corrected chi connectivity index (χ2v) is 9.56. The van der Waals surface area contributed by atoms with Gasteiger partial charge in [0.25, 0.3) is 0 Å². The van der Waals surface area contributed by atoms with E-state index in [2.05, 4.69) is 60.7 Å². The lowest BCUT2D eigenvalue weighted by atomic mass is 9.76. The van der Waals surface area contributed by atoms with Gasteiger partial charge in [-0.1, -0.05) is 99.2 Å². The fourth-order valence-corrected chi connectivity index (χ4v) is 5.69. The van der Waals surface area contributed by atoms with Gasteiger partial charge in [-0.3, -0.25) is 0 Å². The van der Waals surface area contributed by atoms with Gasteiger partial charge in [-0.25, -0.2) is 0 Å². The van der Waals surface area contributed by atoms with E-state index in [1.807, 2.05) is 0 Å². The molecule has 156 valence electrons. The first kappa shape index (κ1) is 20.7. The molecule has 0 radical (unpaired) electrons. The van der Waals surface area contributed by atoms with Crippen LogP contribution in [0, 0.1) is 0 Å². The number of hydrogen-bond acceptors (Lipinski definition) is 1. The first-order valence-electron chi connectivity index (χ1n) is 12.1. The lowest BCUT2D eigenvalue weighted by Gasteiger charge is -2.48. The largest absolute Gasteiger partial charge is 0.369 e. The van der Waals surface area contributed by atoms with Gasteiger partial charge < -0.3 is 4.74 Å². The van der Waals surface area contributed by atoms with Crippen LogP contribution < -0.4 is 0 Å². The van der Waals surface area contributed by atoms with E-state index in [4.69, 9.17) is 4.74 Å². The van der Waals surface area contributed by atoms with Crippen LogP contribution in [0.5, 0.6) is 0 Å². The Morgan fingerprint density at radius 2 is 0.897 bits per heavy atom. The quantitative estimate of drug-likeness (QED) is 0.449. The maximum absolute atomic E-state index is 7.35. The Morgan fingerprint density at radius 3 is 1.28 bits per heavy atom. The molecule has 0 aromatic heterocycles. The van der Waals surface area contributed by atoms with E-state index < -0.39 is 0 Å². The molecule has 2 fully saturated rings. The molecule has 2 aromatic rings. The second kappa shape index (κ2) is 9.94. The first-order valence-corrected chi connectivity index (χ1v) is 12.1. The summed E-state index contributed by atoms with van der Waals surface area (Å²) in [5, 5.41) is 0. The molecule has 2 aliphatic carbocycles. The molecule has 2 aliphatic rings. The lowest BCUT2D eigenvalue weighted by Crippen LogP contribution is -2.47. The molecule has 2 aromatic carbocycles. The van der Waals surface area contributed by atoms with Gasteiger partial charge in [-0.05, 0) is 62.5 Å². The summed E-state index contributed by atoms with van der Waals surface area (Å²) in [4.78, 5) is 0. The smallest absolute Gasteiger partial charge is 0.0693 e. The molecule has 0 atom stereocenters. The number of aryl methyl sites for hydroxylation is 2. The van der Waals surface area contributed by atoms with Crippen molar-refractivity contribution in [3.05, 3.63) is 71.8 Å². The molecule has 0 spiro atoms. The van der Waals surface area contributed by atoms with Crippen LogP contribution in [-0.4, -0.2) is 11.2 Å². The fourth-order valence-electron chi connectivity index (χ4n) is 5.69. The fraction of sp³-hybridized carbons (Fsp3) is 0.571. The van der Waals surface area contributed by atoms with Crippen molar-refractivity contribution in [2.75, 3.05) is 0 Å². The molecule has 0 amide bonds.